The van der Waals surface area contributed by atoms with Crippen LogP contribution in [0.4, 0.5) is 19.2 Å². The third-order valence-electron chi connectivity index (χ3n) is 9.80. The van der Waals surface area contributed by atoms with Gasteiger partial charge in [0.05, 0.1) is 6.04 Å². The van der Waals surface area contributed by atoms with Gasteiger partial charge >= 0.3 is 30.3 Å². The molecule has 0 aliphatic carbocycles. The first-order chi connectivity index (χ1) is 33.4. The molecular formula is C51H88N8O13. The number of alkyl carbamates (subject to hydrolysis) is 4. The molecule has 1 aromatic rings. The Bertz CT molecular complexity index is 1840. The van der Waals surface area contributed by atoms with Crippen LogP contribution in [0.2, 0.25) is 0 Å². The molecule has 72 heavy (non-hydrogen) atoms. The van der Waals surface area contributed by atoms with Crippen molar-refractivity contribution in [3.05, 3.63) is 35.9 Å². The lowest BCUT2D eigenvalue weighted by Gasteiger charge is -2.26. The first-order valence-electron chi connectivity index (χ1n) is 25.2. The van der Waals surface area contributed by atoms with Gasteiger partial charge in [-0.2, -0.15) is 0 Å². The predicted octanol–water partition coefficient (Wildman–Crippen LogP) is 6.29. The molecule has 1 aromatic carbocycles. The lowest BCUT2D eigenvalue weighted by molar-refractivity contribution is -0.149. The van der Waals surface area contributed by atoms with Gasteiger partial charge in [-0.05, 0) is 166 Å². The summed E-state index contributed by atoms with van der Waals surface area (Å²) in [5, 5.41) is 19.1. The maximum atomic E-state index is 14.3. The third kappa shape index (κ3) is 33.7. The zero-order chi connectivity index (χ0) is 54.5. The SMILES string of the molecule is CC(C)(C)OC(=O)NCCCC[C@H](NC(=O)[C@H](CCCCNC(=O)OC(C)(C)C)NC(=O)[C@@H](N)CCCCNC(=O)OC(C)(C)C)C(=O)N[C@@H](CCCCNC(=O)OC(C)(C)C)C(=O)OCc1ccccc1. The minimum absolute atomic E-state index is 0.0587. The molecule has 9 N–H and O–H groups in total. The minimum atomic E-state index is -1.23. The molecule has 0 bridgehead atoms. The Labute approximate surface area is 427 Å². The smallest absolute Gasteiger partial charge is 0.407 e. The summed E-state index contributed by atoms with van der Waals surface area (Å²) in [6.45, 7) is 21.9. The molecule has 1 rings (SSSR count). The topological polar surface area (TPSA) is 293 Å². The summed E-state index contributed by atoms with van der Waals surface area (Å²) < 4.78 is 26.8. The summed E-state index contributed by atoms with van der Waals surface area (Å²) in [6.07, 6.45) is 1.41. The van der Waals surface area contributed by atoms with Crippen molar-refractivity contribution in [1.82, 2.24) is 37.2 Å². The predicted molar refractivity (Wildman–Crippen MR) is 272 cm³/mol. The molecule has 0 fully saturated rings. The van der Waals surface area contributed by atoms with Crippen LogP contribution in [0.15, 0.2) is 30.3 Å². The Morgan fingerprint density at radius 1 is 0.431 bits per heavy atom. The maximum absolute atomic E-state index is 14.3. The normalized spacial score (nSPS) is 13.4. The van der Waals surface area contributed by atoms with E-state index in [1.807, 2.05) is 6.07 Å². The number of nitrogens with two attached hydrogens (primary N) is 1. The number of carbonyl (C=O) groups is 8. The van der Waals surface area contributed by atoms with Gasteiger partial charge in [0.1, 0.15) is 47.1 Å². The Morgan fingerprint density at radius 2 is 0.736 bits per heavy atom. The summed E-state index contributed by atoms with van der Waals surface area (Å²) in [7, 11) is 0. The minimum Gasteiger partial charge on any atom is -0.459 e. The van der Waals surface area contributed by atoms with E-state index in [2.05, 4.69) is 37.2 Å². The standard InChI is InChI=1S/C51H88N8O13/c1-48(2,3)69-44(64)53-30-20-16-26-36(52)40(60)57-37(27-17-21-31-54-45(65)70-49(4,5)6)41(61)58-38(28-18-22-32-55-46(66)71-50(7,8)9)42(62)59-39(43(63)68-34-35-24-14-13-15-25-35)29-19-23-33-56-47(67)72-51(10,11)12/h13-15,24-25,36-39H,16-23,26-34,52H2,1-12H3,(H,53,64)(H,54,65)(H,55,66)(H,56,67)(H,57,60)(H,58,61)(H,59,62)/t36-,37-,38-,39-/m0/s1. The van der Waals surface area contributed by atoms with Gasteiger partial charge in [-0.3, -0.25) is 14.4 Å². The van der Waals surface area contributed by atoms with E-state index in [1.54, 1.807) is 107 Å². The fourth-order valence-corrected chi connectivity index (χ4v) is 6.50. The number of rotatable bonds is 29. The Kier molecular flexibility index (Phi) is 28.7. The quantitative estimate of drug-likeness (QED) is 0.0249. The second-order valence-corrected chi connectivity index (χ2v) is 21.6. The fourth-order valence-electron chi connectivity index (χ4n) is 6.50. The highest BCUT2D eigenvalue weighted by molar-refractivity contribution is 5.94. The number of hydrogen-bond acceptors (Lipinski definition) is 14. The molecule has 0 radical (unpaired) electrons. The van der Waals surface area contributed by atoms with Crippen LogP contribution >= 0.6 is 0 Å². The highest BCUT2D eigenvalue weighted by atomic mass is 16.6. The number of amides is 7. The van der Waals surface area contributed by atoms with Crippen LogP contribution in [0.5, 0.6) is 0 Å². The van der Waals surface area contributed by atoms with E-state index in [4.69, 9.17) is 29.4 Å². The van der Waals surface area contributed by atoms with Crippen molar-refractivity contribution < 1.29 is 62.0 Å². The van der Waals surface area contributed by atoms with E-state index >= 15 is 0 Å². The average molecular weight is 1020 g/mol. The van der Waals surface area contributed by atoms with Crippen LogP contribution < -0.4 is 43.0 Å². The summed E-state index contributed by atoms with van der Waals surface area (Å²) in [5.74, 6) is -2.71. The lowest BCUT2D eigenvalue weighted by Crippen LogP contribution is -2.57. The lowest BCUT2D eigenvalue weighted by atomic mass is 10.0. The molecule has 410 valence electrons. The Hall–Kier alpha value is -5.86. The molecule has 0 aliphatic heterocycles. The summed E-state index contributed by atoms with van der Waals surface area (Å²) >= 11 is 0. The van der Waals surface area contributed by atoms with Crippen LogP contribution in [0.1, 0.15) is 166 Å². The van der Waals surface area contributed by atoms with Crippen molar-refractivity contribution in [2.75, 3.05) is 26.2 Å². The molecule has 4 atom stereocenters. The van der Waals surface area contributed by atoms with Gasteiger partial charge in [0.15, 0.2) is 0 Å². The number of esters is 1. The van der Waals surface area contributed by atoms with E-state index < -0.39 is 94.6 Å². The van der Waals surface area contributed by atoms with E-state index in [0.717, 1.165) is 5.56 Å². The number of nitrogens with one attached hydrogen (secondary N) is 7. The Morgan fingerprint density at radius 3 is 1.08 bits per heavy atom. The molecule has 0 saturated carbocycles. The van der Waals surface area contributed by atoms with Crippen molar-refractivity contribution >= 4 is 48.1 Å². The second kappa shape index (κ2) is 32.3. The van der Waals surface area contributed by atoms with Crippen LogP contribution in [0, 0.1) is 0 Å². The van der Waals surface area contributed by atoms with Gasteiger partial charge in [-0.1, -0.05) is 30.3 Å². The molecule has 0 aromatic heterocycles. The van der Waals surface area contributed by atoms with E-state index in [9.17, 15) is 38.4 Å². The van der Waals surface area contributed by atoms with Crippen molar-refractivity contribution in [1.29, 1.82) is 0 Å². The molecule has 7 amide bonds. The van der Waals surface area contributed by atoms with Gasteiger partial charge in [0.2, 0.25) is 17.7 Å². The summed E-state index contributed by atoms with van der Waals surface area (Å²) in [5.41, 5.74) is 4.27. The number of hydrogen-bond donors (Lipinski definition) is 8. The first kappa shape index (κ1) is 64.2. The van der Waals surface area contributed by atoms with Crippen LogP contribution in [0.3, 0.4) is 0 Å². The zero-order valence-electron chi connectivity index (χ0n) is 45.1. The average Bonchev–Trinajstić information content (AvgIpc) is 3.24. The fraction of sp³-hybridized carbons (Fsp3) is 0.725. The number of benzene rings is 1. The molecule has 0 saturated heterocycles. The molecule has 0 spiro atoms. The molecular weight excluding hydrogens is 933 g/mol. The highest BCUT2D eigenvalue weighted by Crippen LogP contribution is 2.13. The largest absolute Gasteiger partial charge is 0.459 e. The van der Waals surface area contributed by atoms with Crippen molar-refractivity contribution in [3.63, 3.8) is 0 Å². The zero-order valence-corrected chi connectivity index (χ0v) is 45.1. The van der Waals surface area contributed by atoms with E-state index in [-0.39, 0.29) is 51.9 Å². The van der Waals surface area contributed by atoms with Crippen molar-refractivity contribution in [3.8, 4) is 0 Å². The second-order valence-electron chi connectivity index (χ2n) is 21.6. The van der Waals surface area contributed by atoms with Crippen LogP contribution in [0.25, 0.3) is 0 Å². The number of carbonyl (C=O) groups excluding carboxylic acids is 8. The van der Waals surface area contributed by atoms with Gasteiger partial charge in [-0.25, -0.2) is 24.0 Å². The first-order valence-corrected chi connectivity index (χ1v) is 25.2. The molecule has 0 heterocycles. The highest BCUT2D eigenvalue weighted by Gasteiger charge is 2.31. The van der Waals surface area contributed by atoms with Gasteiger partial charge in [0.25, 0.3) is 0 Å². The Balaban J connectivity index is 3.33. The van der Waals surface area contributed by atoms with Crippen molar-refractivity contribution in [2.24, 2.45) is 5.73 Å². The molecule has 21 heteroatoms. The van der Waals surface area contributed by atoms with E-state index in [0.29, 0.717) is 57.9 Å². The molecule has 0 aliphatic rings. The summed E-state index contributed by atoms with van der Waals surface area (Å²) in [6, 6.07) is 4.44. The van der Waals surface area contributed by atoms with Gasteiger partial charge < -0.3 is 66.6 Å². The van der Waals surface area contributed by atoms with Crippen LogP contribution in [-0.4, -0.2) is 121 Å². The van der Waals surface area contributed by atoms with Crippen LogP contribution in [-0.2, 0) is 49.5 Å². The number of unbranched alkanes of at least 4 members (excludes halogenated alkanes) is 4. The van der Waals surface area contributed by atoms with E-state index in [1.165, 1.54) is 0 Å². The van der Waals surface area contributed by atoms with Crippen molar-refractivity contribution in [2.45, 2.75) is 213 Å². The summed E-state index contributed by atoms with van der Waals surface area (Å²) in [4.78, 5) is 105. The molecule has 21 nitrogen and oxygen atoms in total. The maximum Gasteiger partial charge on any atom is 0.407 e. The monoisotopic (exact) mass is 1020 g/mol. The van der Waals surface area contributed by atoms with Gasteiger partial charge in [-0.15, -0.1) is 0 Å². The molecule has 0 unspecified atom stereocenters. The van der Waals surface area contributed by atoms with Gasteiger partial charge in [0, 0.05) is 26.2 Å². The third-order valence-corrected chi connectivity index (χ3v) is 9.80. The number of ether oxygens (including phenoxy) is 5.